The van der Waals surface area contributed by atoms with Crippen LogP contribution in [0.15, 0.2) is 91.1 Å². The molecule has 4 aromatic rings. The van der Waals surface area contributed by atoms with E-state index in [1.165, 1.54) is 18.4 Å². The summed E-state index contributed by atoms with van der Waals surface area (Å²) in [6.45, 7) is 0. The van der Waals surface area contributed by atoms with E-state index in [1.54, 1.807) is 12.1 Å². The van der Waals surface area contributed by atoms with E-state index in [-0.39, 0.29) is 11.8 Å². The van der Waals surface area contributed by atoms with E-state index in [0.717, 1.165) is 10.9 Å². The number of nitrogens with zero attached hydrogens (tertiary/aromatic N) is 2. The molecule has 30 heavy (non-hydrogen) atoms. The molecule has 3 aromatic carbocycles. The third kappa shape index (κ3) is 3.80. The van der Waals surface area contributed by atoms with Gasteiger partial charge in [0.15, 0.2) is 12.1 Å². The van der Waals surface area contributed by atoms with Crippen molar-refractivity contribution in [1.82, 2.24) is 9.97 Å². The molecule has 0 spiro atoms. The number of para-hydroxylation sites is 1. The van der Waals surface area contributed by atoms with Crippen molar-refractivity contribution in [3.05, 3.63) is 102 Å². The summed E-state index contributed by atoms with van der Waals surface area (Å²) in [7, 11) is 0. The molecule has 0 aliphatic carbocycles. The van der Waals surface area contributed by atoms with Crippen LogP contribution in [0.2, 0.25) is 0 Å². The molecule has 148 valence electrons. The normalized spacial score (nSPS) is 15.4. The minimum atomic E-state index is -0.466. The summed E-state index contributed by atoms with van der Waals surface area (Å²) in [5, 5.41) is 0.736. The van der Waals surface area contributed by atoms with Crippen LogP contribution in [0.1, 0.15) is 5.56 Å². The summed E-state index contributed by atoms with van der Waals surface area (Å²) < 4.78 is 30.6. The first kappa shape index (κ1) is 18.1. The molecule has 0 amide bonds. The van der Waals surface area contributed by atoms with Gasteiger partial charge in [-0.3, -0.25) is 0 Å². The molecule has 6 heteroatoms. The second-order valence-electron chi connectivity index (χ2n) is 6.79. The van der Waals surface area contributed by atoms with Crippen molar-refractivity contribution < 1.29 is 18.6 Å². The van der Waals surface area contributed by atoms with Crippen LogP contribution in [0.25, 0.3) is 22.3 Å². The predicted molar refractivity (Wildman–Crippen MR) is 110 cm³/mol. The van der Waals surface area contributed by atoms with Crippen molar-refractivity contribution in [3.63, 3.8) is 0 Å². The fraction of sp³-hybridized carbons (Fsp3) is 0.0833. The van der Waals surface area contributed by atoms with E-state index in [1.807, 2.05) is 54.6 Å². The van der Waals surface area contributed by atoms with E-state index in [9.17, 15) is 4.39 Å². The average Bonchev–Trinajstić information content (AvgIpc) is 3.21. The second kappa shape index (κ2) is 7.83. The van der Waals surface area contributed by atoms with Gasteiger partial charge >= 0.3 is 5.95 Å². The first-order valence-electron chi connectivity index (χ1n) is 9.51. The molecule has 0 saturated carbocycles. The van der Waals surface area contributed by atoms with Crippen molar-refractivity contribution in [2.45, 2.75) is 12.7 Å². The van der Waals surface area contributed by atoms with Gasteiger partial charge in [-0.1, -0.05) is 42.5 Å². The van der Waals surface area contributed by atoms with E-state index in [2.05, 4.69) is 9.97 Å². The monoisotopic (exact) mass is 400 g/mol. The van der Waals surface area contributed by atoms with Gasteiger partial charge < -0.3 is 14.2 Å². The topological polar surface area (TPSA) is 53.5 Å². The number of rotatable bonds is 5. The van der Waals surface area contributed by atoms with Crippen molar-refractivity contribution >= 4 is 10.9 Å². The highest BCUT2D eigenvalue weighted by atomic mass is 19.1. The van der Waals surface area contributed by atoms with Crippen LogP contribution in [0.3, 0.4) is 0 Å². The number of aromatic nitrogens is 2. The zero-order chi connectivity index (χ0) is 20.3. The Hall–Kier alpha value is -3.93. The van der Waals surface area contributed by atoms with Gasteiger partial charge in [0.25, 0.3) is 0 Å². The minimum Gasteiger partial charge on any atom is -0.455 e. The molecular formula is C24H17FN2O3. The zero-order valence-corrected chi connectivity index (χ0v) is 15.9. The fourth-order valence-electron chi connectivity index (χ4n) is 3.21. The summed E-state index contributed by atoms with van der Waals surface area (Å²) in [5.74, 6) is 0.686. The largest absolute Gasteiger partial charge is 0.455 e. The molecule has 1 aliphatic rings. The summed E-state index contributed by atoms with van der Waals surface area (Å²) in [4.78, 5) is 9.12. The first-order chi connectivity index (χ1) is 14.7. The van der Waals surface area contributed by atoms with E-state index in [4.69, 9.17) is 14.2 Å². The first-order valence-corrected chi connectivity index (χ1v) is 9.51. The number of hydrogen-bond acceptors (Lipinski definition) is 5. The predicted octanol–water partition coefficient (Wildman–Crippen LogP) is 5.23. The summed E-state index contributed by atoms with van der Waals surface area (Å²) in [6, 6.07) is 23.5. The van der Waals surface area contributed by atoms with Gasteiger partial charge in [-0.25, -0.2) is 9.37 Å². The Bertz CT molecular complexity index is 1210. The molecule has 0 bridgehead atoms. The smallest absolute Gasteiger partial charge is 0.325 e. The Morgan fingerprint density at radius 3 is 2.47 bits per heavy atom. The number of ether oxygens (including phenoxy) is 3. The number of fused-ring (bicyclic) bond motifs is 1. The number of benzene rings is 3. The maximum absolute atomic E-state index is 13.3. The molecule has 5 nitrogen and oxygen atoms in total. The highest BCUT2D eigenvalue weighted by Crippen LogP contribution is 2.29. The Labute approximate surface area is 172 Å². The molecule has 0 saturated heterocycles. The van der Waals surface area contributed by atoms with Crippen LogP contribution >= 0.6 is 0 Å². The fourth-order valence-corrected chi connectivity index (χ4v) is 3.21. The molecule has 1 atom stereocenters. The van der Waals surface area contributed by atoms with Crippen LogP contribution in [-0.4, -0.2) is 16.3 Å². The highest BCUT2D eigenvalue weighted by molar-refractivity contribution is 5.85. The van der Waals surface area contributed by atoms with Crippen LogP contribution in [0, 0.1) is 5.82 Å². The highest BCUT2D eigenvalue weighted by Gasteiger charge is 2.23. The van der Waals surface area contributed by atoms with Crippen molar-refractivity contribution in [2.24, 2.45) is 0 Å². The molecule has 1 unspecified atom stereocenters. The standard InChI is InChI=1S/C24H17FN2O3/c25-18-12-10-17(11-13-18)23-26-20-9-5-4-8-19(20)24(27-23)30-22-15-28-21(29-22)14-16-6-2-1-3-7-16/h1-13,15,21H,14H2. The lowest BCUT2D eigenvalue weighted by molar-refractivity contribution is -0.0522. The Balaban J connectivity index is 1.40. The third-order valence-electron chi connectivity index (χ3n) is 4.68. The van der Waals surface area contributed by atoms with Gasteiger partial charge in [-0.15, -0.1) is 0 Å². The maximum atomic E-state index is 13.3. The van der Waals surface area contributed by atoms with Crippen LogP contribution in [-0.2, 0) is 15.9 Å². The number of halogens is 1. The average molecular weight is 400 g/mol. The van der Waals surface area contributed by atoms with E-state index >= 15 is 0 Å². The minimum absolute atomic E-state index is 0.227. The summed E-state index contributed by atoms with van der Waals surface area (Å²) >= 11 is 0. The van der Waals surface area contributed by atoms with Crippen molar-refractivity contribution in [2.75, 3.05) is 0 Å². The van der Waals surface area contributed by atoms with Gasteiger partial charge in [-0.05, 0) is 42.0 Å². The van der Waals surface area contributed by atoms with Crippen LogP contribution < -0.4 is 4.74 Å². The Morgan fingerprint density at radius 2 is 1.63 bits per heavy atom. The SMILES string of the molecule is Fc1ccc(-c2nc(OC3=COC(Cc4ccccc4)O3)c3ccccc3n2)cc1. The van der Waals surface area contributed by atoms with Crippen LogP contribution in [0.4, 0.5) is 4.39 Å². The van der Waals surface area contributed by atoms with Crippen molar-refractivity contribution in [3.8, 4) is 17.3 Å². The summed E-state index contributed by atoms with van der Waals surface area (Å²) in [6.07, 6.45) is 1.57. The molecule has 5 rings (SSSR count). The zero-order valence-electron chi connectivity index (χ0n) is 15.9. The van der Waals surface area contributed by atoms with Gasteiger partial charge in [0, 0.05) is 12.0 Å². The lowest BCUT2D eigenvalue weighted by Gasteiger charge is -2.13. The van der Waals surface area contributed by atoms with Crippen molar-refractivity contribution in [1.29, 1.82) is 0 Å². The maximum Gasteiger partial charge on any atom is 0.325 e. The van der Waals surface area contributed by atoms with E-state index < -0.39 is 6.29 Å². The molecule has 0 N–H and O–H groups in total. The Morgan fingerprint density at radius 1 is 0.867 bits per heavy atom. The third-order valence-corrected chi connectivity index (χ3v) is 4.68. The van der Waals surface area contributed by atoms with Gasteiger partial charge in [0.1, 0.15) is 5.82 Å². The molecular weight excluding hydrogens is 383 g/mol. The Kier molecular flexibility index (Phi) is 4.73. The lowest BCUT2D eigenvalue weighted by atomic mass is 10.1. The molecule has 1 aliphatic heterocycles. The molecule has 0 radical (unpaired) electrons. The number of hydrogen-bond donors (Lipinski definition) is 0. The lowest BCUT2D eigenvalue weighted by Crippen LogP contribution is -2.13. The second-order valence-corrected chi connectivity index (χ2v) is 6.79. The molecule has 0 fully saturated rings. The van der Waals surface area contributed by atoms with Crippen LogP contribution in [0.5, 0.6) is 5.88 Å². The van der Waals surface area contributed by atoms with Gasteiger partial charge in [0.05, 0.1) is 10.9 Å². The molecule has 2 heterocycles. The summed E-state index contributed by atoms with van der Waals surface area (Å²) in [5.41, 5.74) is 2.50. The van der Waals surface area contributed by atoms with Gasteiger partial charge in [-0.2, -0.15) is 4.98 Å². The quantitative estimate of drug-likeness (QED) is 0.459. The van der Waals surface area contributed by atoms with E-state index in [0.29, 0.717) is 29.2 Å². The molecule has 1 aromatic heterocycles. The van der Waals surface area contributed by atoms with Gasteiger partial charge in [0.2, 0.25) is 12.2 Å².